The number of nitrogens with two attached hydrogens (primary N) is 1. The lowest BCUT2D eigenvalue weighted by atomic mass is 9.87. The summed E-state index contributed by atoms with van der Waals surface area (Å²) in [6, 6.07) is 9.64. The van der Waals surface area contributed by atoms with Crippen molar-refractivity contribution in [2.75, 3.05) is 13.1 Å². The molecule has 1 aromatic carbocycles. The zero-order chi connectivity index (χ0) is 14.0. The number of carbonyl (C=O) groups excluding carboxylic acids is 1. The Morgan fingerprint density at radius 3 is 2.20 bits per heavy atom. The molecule has 2 N–H and O–H groups in total. The van der Waals surface area contributed by atoms with Gasteiger partial charge in [0.25, 0.3) is 0 Å². The normalized spacial score (nSPS) is 25.5. The van der Waals surface area contributed by atoms with Crippen LogP contribution in [-0.2, 0) is 10.3 Å². The van der Waals surface area contributed by atoms with E-state index in [0.29, 0.717) is 11.8 Å². The van der Waals surface area contributed by atoms with Crippen LogP contribution in [0.4, 0.5) is 0 Å². The molecule has 4 heteroatoms. The van der Waals surface area contributed by atoms with Gasteiger partial charge in [-0.25, -0.2) is 0 Å². The molecule has 1 aromatic rings. The maximum absolute atomic E-state index is 12.7. The Labute approximate surface area is 127 Å². The molecule has 1 aliphatic rings. The van der Waals surface area contributed by atoms with Crippen LogP contribution in [0.15, 0.2) is 30.3 Å². The first kappa shape index (κ1) is 17.0. The molecular weight excluding hydrogens is 272 g/mol. The number of halogens is 1. The van der Waals surface area contributed by atoms with E-state index in [2.05, 4.69) is 13.8 Å². The number of carbonyl (C=O) groups is 1. The van der Waals surface area contributed by atoms with Crippen LogP contribution in [0.3, 0.4) is 0 Å². The van der Waals surface area contributed by atoms with E-state index in [1.807, 2.05) is 42.2 Å². The largest absolute Gasteiger partial charge is 0.340 e. The van der Waals surface area contributed by atoms with Crippen molar-refractivity contribution in [3.05, 3.63) is 35.9 Å². The lowest BCUT2D eigenvalue weighted by Gasteiger charge is -2.39. The zero-order valence-electron chi connectivity index (χ0n) is 12.5. The van der Waals surface area contributed by atoms with Crippen molar-refractivity contribution in [3.8, 4) is 0 Å². The summed E-state index contributed by atoms with van der Waals surface area (Å²) < 4.78 is 0. The molecule has 0 aliphatic carbocycles. The van der Waals surface area contributed by atoms with E-state index in [0.717, 1.165) is 18.7 Å². The van der Waals surface area contributed by atoms with Crippen molar-refractivity contribution in [2.24, 2.45) is 17.6 Å². The lowest BCUT2D eigenvalue weighted by molar-refractivity contribution is -0.139. The van der Waals surface area contributed by atoms with Gasteiger partial charge >= 0.3 is 0 Å². The summed E-state index contributed by atoms with van der Waals surface area (Å²) in [5.41, 5.74) is 6.26. The molecule has 3 nitrogen and oxygen atoms in total. The predicted octanol–water partition coefficient (Wildman–Crippen LogP) is 2.79. The Hall–Kier alpha value is -1.06. The van der Waals surface area contributed by atoms with Crippen molar-refractivity contribution in [2.45, 2.75) is 32.7 Å². The van der Waals surface area contributed by atoms with Gasteiger partial charge in [0.1, 0.15) is 5.54 Å². The van der Waals surface area contributed by atoms with Crippen molar-refractivity contribution >= 4 is 18.3 Å². The van der Waals surface area contributed by atoms with Gasteiger partial charge in [0.2, 0.25) is 5.91 Å². The average molecular weight is 297 g/mol. The fraction of sp³-hybridized carbons (Fsp3) is 0.562. The number of amides is 1. The summed E-state index contributed by atoms with van der Waals surface area (Å²) in [5, 5.41) is 0. The Balaban J connectivity index is 0.00000200. The van der Waals surface area contributed by atoms with Gasteiger partial charge in [0, 0.05) is 13.1 Å². The second-order valence-electron chi connectivity index (χ2n) is 6.22. The van der Waals surface area contributed by atoms with E-state index >= 15 is 0 Å². The first-order valence-electron chi connectivity index (χ1n) is 7.05. The molecule has 0 radical (unpaired) electrons. The van der Waals surface area contributed by atoms with Gasteiger partial charge in [-0.2, -0.15) is 0 Å². The second kappa shape index (κ2) is 6.59. The van der Waals surface area contributed by atoms with Crippen molar-refractivity contribution in [1.29, 1.82) is 0 Å². The topological polar surface area (TPSA) is 46.3 Å². The van der Waals surface area contributed by atoms with Crippen molar-refractivity contribution in [3.63, 3.8) is 0 Å². The molecule has 2 rings (SSSR count). The SMILES string of the molecule is CC1CC(C)CN(C(=O)C(C)(N)c2ccccc2)C1.Cl. The minimum absolute atomic E-state index is 0. The van der Waals surface area contributed by atoms with E-state index in [1.54, 1.807) is 0 Å². The monoisotopic (exact) mass is 296 g/mol. The van der Waals surface area contributed by atoms with Crippen molar-refractivity contribution in [1.82, 2.24) is 4.90 Å². The van der Waals surface area contributed by atoms with Crippen LogP contribution >= 0.6 is 12.4 Å². The first-order valence-corrected chi connectivity index (χ1v) is 7.05. The Bertz CT molecular complexity index is 437. The second-order valence-corrected chi connectivity index (χ2v) is 6.22. The highest BCUT2D eigenvalue weighted by Crippen LogP contribution is 2.26. The third-order valence-electron chi connectivity index (χ3n) is 3.97. The highest BCUT2D eigenvalue weighted by molar-refractivity contribution is 5.87. The van der Waals surface area contributed by atoms with E-state index in [4.69, 9.17) is 5.73 Å². The molecule has 1 saturated heterocycles. The fourth-order valence-electron chi connectivity index (χ4n) is 3.07. The summed E-state index contributed by atoms with van der Waals surface area (Å²) in [6.07, 6.45) is 1.19. The highest BCUT2D eigenvalue weighted by Gasteiger charge is 2.36. The number of hydrogen-bond donors (Lipinski definition) is 1. The maximum atomic E-state index is 12.7. The van der Waals surface area contributed by atoms with Crippen LogP contribution in [0.1, 0.15) is 32.8 Å². The zero-order valence-corrected chi connectivity index (χ0v) is 13.3. The molecule has 1 fully saturated rings. The van der Waals surface area contributed by atoms with Gasteiger partial charge in [-0.15, -0.1) is 12.4 Å². The Morgan fingerprint density at radius 1 is 1.20 bits per heavy atom. The highest BCUT2D eigenvalue weighted by atomic mass is 35.5. The number of nitrogens with zero attached hydrogens (tertiary/aromatic N) is 1. The molecule has 20 heavy (non-hydrogen) atoms. The Kier molecular flexibility index (Phi) is 5.60. The number of piperidine rings is 1. The number of hydrogen-bond acceptors (Lipinski definition) is 2. The minimum atomic E-state index is -0.933. The molecule has 1 amide bonds. The third kappa shape index (κ3) is 3.53. The molecule has 0 saturated carbocycles. The maximum Gasteiger partial charge on any atom is 0.246 e. The lowest BCUT2D eigenvalue weighted by Crippen LogP contribution is -2.54. The van der Waals surface area contributed by atoms with Crippen LogP contribution in [-0.4, -0.2) is 23.9 Å². The predicted molar refractivity (Wildman–Crippen MR) is 84.8 cm³/mol. The van der Waals surface area contributed by atoms with Crippen LogP contribution in [0.5, 0.6) is 0 Å². The Morgan fingerprint density at radius 2 is 1.70 bits per heavy atom. The summed E-state index contributed by atoms with van der Waals surface area (Å²) in [6.45, 7) is 7.86. The molecule has 0 aromatic heterocycles. The number of benzene rings is 1. The van der Waals surface area contributed by atoms with Gasteiger partial charge < -0.3 is 10.6 Å². The average Bonchev–Trinajstić information content (AvgIpc) is 2.37. The van der Waals surface area contributed by atoms with Gasteiger partial charge in [-0.05, 0) is 30.7 Å². The van der Waals surface area contributed by atoms with Gasteiger partial charge in [-0.1, -0.05) is 44.2 Å². The molecule has 1 heterocycles. The van der Waals surface area contributed by atoms with E-state index in [9.17, 15) is 4.79 Å². The van der Waals surface area contributed by atoms with Crippen LogP contribution in [0.25, 0.3) is 0 Å². The summed E-state index contributed by atoms with van der Waals surface area (Å²) in [7, 11) is 0. The molecule has 3 unspecified atom stereocenters. The summed E-state index contributed by atoms with van der Waals surface area (Å²) in [5.74, 6) is 1.15. The quantitative estimate of drug-likeness (QED) is 0.912. The third-order valence-corrected chi connectivity index (χ3v) is 3.97. The van der Waals surface area contributed by atoms with E-state index in [1.165, 1.54) is 6.42 Å². The molecule has 3 atom stereocenters. The van der Waals surface area contributed by atoms with Crippen LogP contribution < -0.4 is 5.73 Å². The molecular formula is C16H25ClN2O. The van der Waals surface area contributed by atoms with E-state index in [-0.39, 0.29) is 18.3 Å². The van der Waals surface area contributed by atoms with Gasteiger partial charge in [0.05, 0.1) is 0 Å². The molecule has 0 bridgehead atoms. The van der Waals surface area contributed by atoms with Gasteiger partial charge in [-0.3, -0.25) is 4.79 Å². The van der Waals surface area contributed by atoms with Crippen molar-refractivity contribution < 1.29 is 4.79 Å². The summed E-state index contributed by atoms with van der Waals surface area (Å²) >= 11 is 0. The molecule has 1 aliphatic heterocycles. The van der Waals surface area contributed by atoms with Crippen LogP contribution in [0.2, 0.25) is 0 Å². The standard InChI is InChI=1S/C16H24N2O.ClH/c1-12-9-13(2)11-18(10-12)15(19)16(3,17)14-7-5-4-6-8-14;/h4-8,12-13H,9-11,17H2,1-3H3;1H. The minimum Gasteiger partial charge on any atom is -0.340 e. The summed E-state index contributed by atoms with van der Waals surface area (Å²) in [4.78, 5) is 14.6. The van der Waals surface area contributed by atoms with Gasteiger partial charge in [0.15, 0.2) is 0 Å². The number of rotatable bonds is 2. The molecule has 0 spiro atoms. The van der Waals surface area contributed by atoms with E-state index < -0.39 is 5.54 Å². The molecule has 112 valence electrons. The smallest absolute Gasteiger partial charge is 0.246 e. The number of likely N-dealkylation sites (tertiary alicyclic amines) is 1. The fourth-order valence-corrected chi connectivity index (χ4v) is 3.07. The van der Waals surface area contributed by atoms with Crippen LogP contribution in [0, 0.1) is 11.8 Å². The first-order chi connectivity index (χ1) is 8.91.